The fourth-order valence-corrected chi connectivity index (χ4v) is 4.73. The number of nitrogens with one attached hydrogen (secondary N) is 1. The summed E-state index contributed by atoms with van der Waals surface area (Å²) in [6.45, 7) is 5.45. The van der Waals surface area contributed by atoms with Gasteiger partial charge in [-0.15, -0.1) is 0 Å². The number of hydrogen-bond acceptors (Lipinski definition) is 6. The summed E-state index contributed by atoms with van der Waals surface area (Å²) in [5, 5.41) is 7.64. The first-order valence-electron chi connectivity index (χ1n) is 11.9. The topological polar surface area (TPSA) is 94.8 Å². The second-order valence-corrected chi connectivity index (χ2v) is 11.8. The minimum absolute atomic E-state index is 0.132. The zero-order chi connectivity index (χ0) is 29.2. The van der Waals surface area contributed by atoms with Gasteiger partial charge >= 0.3 is 0 Å². The van der Waals surface area contributed by atoms with E-state index >= 15 is 0 Å². The molecular formula is C28H24Br2ClFN4O4. The Morgan fingerprint density at radius 3 is 2.52 bits per heavy atom. The predicted molar refractivity (Wildman–Crippen MR) is 162 cm³/mol. The smallest absolute Gasteiger partial charge is 0.282 e. The lowest BCUT2D eigenvalue weighted by Gasteiger charge is -2.21. The second kappa shape index (κ2) is 12.1. The molecule has 0 saturated heterocycles. The number of rotatable bonds is 7. The van der Waals surface area contributed by atoms with Crippen molar-refractivity contribution in [3.63, 3.8) is 0 Å². The lowest BCUT2D eigenvalue weighted by atomic mass is 9.95. The van der Waals surface area contributed by atoms with Crippen molar-refractivity contribution in [1.82, 2.24) is 9.66 Å². The number of carbonyl (C=O) groups excluding carboxylic acids is 1. The summed E-state index contributed by atoms with van der Waals surface area (Å²) in [4.78, 5) is 30.5. The van der Waals surface area contributed by atoms with Crippen molar-refractivity contribution < 1.29 is 18.7 Å². The lowest BCUT2D eigenvalue weighted by molar-refractivity contribution is -0.118. The van der Waals surface area contributed by atoms with Gasteiger partial charge in [-0.05, 0) is 64.5 Å². The van der Waals surface area contributed by atoms with E-state index in [4.69, 9.17) is 26.1 Å². The summed E-state index contributed by atoms with van der Waals surface area (Å²) in [5.74, 6) is -0.0370. The van der Waals surface area contributed by atoms with Crippen molar-refractivity contribution in [3.8, 4) is 11.5 Å². The van der Waals surface area contributed by atoms with Gasteiger partial charge in [-0.3, -0.25) is 9.59 Å². The highest BCUT2D eigenvalue weighted by atomic mass is 79.9. The van der Waals surface area contributed by atoms with Crippen LogP contribution in [0.25, 0.3) is 10.9 Å². The normalized spacial score (nSPS) is 11.7. The van der Waals surface area contributed by atoms with Gasteiger partial charge in [0.25, 0.3) is 11.5 Å². The number of hydrogen-bond donors (Lipinski definition) is 1. The van der Waals surface area contributed by atoms with E-state index in [1.165, 1.54) is 42.3 Å². The van der Waals surface area contributed by atoms with Gasteiger partial charge in [-0.1, -0.05) is 48.3 Å². The molecule has 0 saturated carbocycles. The molecule has 1 amide bonds. The van der Waals surface area contributed by atoms with Crippen LogP contribution in [0, 0.1) is 5.82 Å². The molecule has 1 aromatic heterocycles. The van der Waals surface area contributed by atoms with Crippen molar-refractivity contribution >= 4 is 72.2 Å². The molecule has 0 radical (unpaired) electrons. The van der Waals surface area contributed by atoms with Crippen LogP contribution in [0.4, 0.5) is 10.1 Å². The maximum absolute atomic E-state index is 13.4. The zero-order valence-electron chi connectivity index (χ0n) is 21.9. The van der Waals surface area contributed by atoms with Crippen LogP contribution < -0.4 is 20.3 Å². The van der Waals surface area contributed by atoms with Crippen molar-refractivity contribution in [3.05, 3.63) is 90.1 Å². The summed E-state index contributed by atoms with van der Waals surface area (Å²) in [7, 11) is 1.43. The molecule has 12 heteroatoms. The Kier molecular flexibility index (Phi) is 8.96. The molecule has 0 aliphatic rings. The van der Waals surface area contributed by atoms with Crippen molar-refractivity contribution in [2.75, 3.05) is 19.0 Å². The number of benzene rings is 3. The van der Waals surface area contributed by atoms with Gasteiger partial charge in [0.05, 0.1) is 24.2 Å². The fourth-order valence-electron chi connectivity index (χ4n) is 3.71. The number of halogens is 4. The summed E-state index contributed by atoms with van der Waals surface area (Å²) in [5.41, 5.74) is 0.665. The van der Waals surface area contributed by atoms with Crippen LogP contribution in [0.15, 0.2) is 67.4 Å². The van der Waals surface area contributed by atoms with Crippen LogP contribution >= 0.6 is 43.5 Å². The van der Waals surface area contributed by atoms with E-state index in [2.05, 4.69) is 42.3 Å². The number of anilines is 1. The summed E-state index contributed by atoms with van der Waals surface area (Å²) in [6.07, 6.45) is 1.46. The van der Waals surface area contributed by atoms with Gasteiger partial charge in [0.1, 0.15) is 16.7 Å². The van der Waals surface area contributed by atoms with Crippen molar-refractivity contribution in [1.29, 1.82) is 0 Å². The number of aromatic nitrogens is 2. The van der Waals surface area contributed by atoms with Crippen LogP contribution in [-0.2, 0) is 10.2 Å². The Balaban J connectivity index is 1.66. The molecule has 0 spiro atoms. The molecular weight excluding hydrogens is 671 g/mol. The largest absolute Gasteiger partial charge is 0.493 e. The number of nitrogens with zero attached hydrogens (tertiary/aromatic N) is 3. The molecule has 0 atom stereocenters. The van der Waals surface area contributed by atoms with Gasteiger partial charge in [0.2, 0.25) is 0 Å². The number of methoxy groups -OCH3 is 1. The first kappa shape index (κ1) is 29.7. The Morgan fingerprint density at radius 2 is 1.88 bits per heavy atom. The van der Waals surface area contributed by atoms with Gasteiger partial charge in [0.15, 0.2) is 18.1 Å². The number of carbonyl (C=O) groups is 1. The Labute approximate surface area is 251 Å². The number of fused-ring (bicyclic) bond motifs is 1. The summed E-state index contributed by atoms with van der Waals surface area (Å²) >= 11 is 13.4. The summed E-state index contributed by atoms with van der Waals surface area (Å²) < 4.78 is 26.7. The van der Waals surface area contributed by atoms with E-state index in [1.807, 2.05) is 26.8 Å². The van der Waals surface area contributed by atoms with Crippen LogP contribution in [0.2, 0.25) is 5.02 Å². The molecule has 4 rings (SSSR count). The molecule has 8 nitrogen and oxygen atoms in total. The number of amides is 1. The third-order valence-corrected chi connectivity index (χ3v) is 7.58. The molecule has 1 N–H and O–H groups in total. The molecule has 3 aromatic carbocycles. The van der Waals surface area contributed by atoms with Gasteiger partial charge in [-0.25, -0.2) is 9.37 Å². The average Bonchev–Trinajstić information content (AvgIpc) is 2.90. The van der Waals surface area contributed by atoms with Crippen LogP contribution in [0.3, 0.4) is 0 Å². The molecule has 0 aliphatic heterocycles. The van der Waals surface area contributed by atoms with E-state index in [9.17, 15) is 14.0 Å². The Hall–Kier alpha value is -3.28. The van der Waals surface area contributed by atoms with Crippen LogP contribution in [0.1, 0.15) is 32.2 Å². The molecule has 1 heterocycles. The third-order valence-electron chi connectivity index (χ3n) is 5.64. The van der Waals surface area contributed by atoms with E-state index in [-0.39, 0.29) is 28.7 Å². The maximum Gasteiger partial charge on any atom is 0.282 e. The standard InChI is InChI=1S/C28H24Br2ClFN4O4/c1-28(2,3)27-35-20-10-5-16(29)12-19(20)26(38)36(27)33-13-15-11-21(39-4)25(24(31)23(15)30)40-14-22(37)34-18-8-6-17(32)7-9-18/h5-13H,14H2,1-4H3,(H,34,37). The van der Waals surface area contributed by atoms with E-state index < -0.39 is 17.1 Å². The van der Waals surface area contributed by atoms with Crippen molar-refractivity contribution in [2.24, 2.45) is 5.10 Å². The van der Waals surface area contributed by atoms with Gasteiger partial charge in [-0.2, -0.15) is 9.78 Å². The molecule has 40 heavy (non-hydrogen) atoms. The molecule has 0 fully saturated rings. The molecule has 0 unspecified atom stereocenters. The molecule has 0 bridgehead atoms. The quantitative estimate of drug-likeness (QED) is 0.212. The maximum atomic E-state index is 13.4. The molecule has 0 aliphatic carbocycles. The highest BCUT2D eigenvalue weighted by Gasteiger charge is 2.23. The van der Waals surface area contributed by atoms with Crippen LogP contribution in [0.5, 0.6) is 11.5 Å². The highest BCUT2D eigenvalue weighted by molar-refractivity contribution is 9.10. The first-order chi connectivity index (χ1) is 18.9. The molecule has 208 valence electrons. The Morgan fingerprint density at radius 1 is 1.18 bits per heavy atom. The van der Waals surface area contributed by atoms with Crippen molar-refractivity contribution in [2.45, 2.75) is 26.2 Å². The van der Waals surface area contributed by atoms with E-state index in [0.29, 0.717) is 32.5 Å². The second-order valence-electron chi connectivity index (χ2n) is 9.68. The zero-order valence-corrected chi connectivity index (χ0v) is 25.8. The monoisotopic (exact) mass is 692 g/mol. The SMILES string of the molecule is COc1cc(C=Nn2c(C(C)(C)C)nc3ccc(Br)cc3c2=O)c(Br)c(Cl)c1OCC(=O)Nc1ccc(F)cc1. The first-order valence-corrected chi connectivity index (χ1v) is 13.9. The van der Waals surface area contributed by atoms with Gasteiger partial charge < -0.3 is 14.8 Å². The van der Waals surface area contributed by atoms with Gasteiger partial charge in [0, 0.05) is 25.6 Å². The lowest BCUT2D eigenvalue weighted by Crippen LogP contribution is -2.29. The summed E-state index contributed by atoms with van der Waals surface area (Å²) in [6, 6.07) is 12.3. The minimum atomic E-state index is -0.490. The Bertz CT molecular complexity index is 1690. The average molecular weight is 695 g/mol. The van der Waals surface area contributed by atoms with E-state index in [1.54, 1.807) is 18.2 Å². The number of ether oxygens (including phenoxy) is 2. The fraction of sp³-hybridized carbons (Fsp3) is 0.214. The predicted octanol–water partition coefficient (Wildman–Crippen LogP) is 6.92. The molecule has 4 aromatic rings. The minimum Gasteiger partial charge on any atom is -0.493 e. The third kappa shape index (κ3) is 6.54. The highest BCUT2D eigenvalue weighted by Crippen LogP contribution is 2.42. The van der Waals surface area contributed by atoms with E-state index in [0.717, 1.165) is 4.47 Å². The van der Waals surface area contributed by atoms with Crippen LogP contribution in [-0.4, -0.2) is 35.5 Å².